The Kier molecular flexibility index (Phi) is 3.47. The summed E-state index contributed by atoms with van der Waals surface area (Å²) in [7, 11) is 1.50. The van der Waals surface area contributed by atoms with Gasteiger partial charge in [0.25, 0.3) is 0 Å². The molecule has 0 spiro atoms. The van der Waals surface area contributed by atoms with Gasteiger partial charge in [-0.05, 0) is 13.8 Å². The lowest BCUT2D eigenvalue weighted by molar-refractivity contribution is 0.230. The van der Waals surface area contributed by atoms with E-state index in [4.69, 9.17) is 21.1 Å². The SMILES string of the molecule is COc1cc(O)cc(Cl)c1OC(C)C. The molecule has 0 heterocycles. The smallest absolute Gasteiger partial charge is 0.180 e. The summed E-state index contributed by atoms with van der Waals surface area (Å²) >= 11 is 5.89. The van der Waals surface area contributed by atoms with Gasteiger partial charge in [0.2, 0.25) is 0 Å². The molecule has 0 unspecified atom stereocenters. The van der Waals surface area contributed by atoms with E-state index in [2.05, 4.69) is 0 Å². The van der Waals surface area contributed by atoms with Crippen LogP contribution >= 0.6 is 11.6 Å². The highest BCUT2D eigenvalue weighted by Crippen LogP contribution is 2.38. The van der Waals surface area contributed by atoms with Crippen molar-refractivity contribution in [3.63, 3.8) is 0 Å². The van der Waals surface area contributed by atoms with Gasteiger partial charge in [0.1, 0.15) is 5.75 Å². The average Bonchev–Trinajstić information content (AvgIpc) is 2.08. The van der Waals surface area contributed by atoms with Gasteiger partial charge in [-0.2, -0.15) is 0 Å². The molecular weight excluding hydrogens is 204 g/mol. The van der Waals surface area contributed by atoms with Gasteiger partial charge in [-0.15, -0.1) is 0 Å². The second-order valence-electron chi connectivity index (χ2n) is 3.13. The van der Waals surface area contributed by atoms with Crippen molar-refractivity contribution in [1.29, 1.82) is 0 Å². The monoisotopic (exact) mass is 216 g/mol. The minimum Gasteiger partial charge on any atom is -0.508 e. The first kappa shape index (κ1) is 11.0. The Morgan fingerprint density at radius 3 is 2.50 bits per heavy atom. The maximum Gasteiger partial charge on any atom is 0.180 e. The lowest BCUT2D eigenvalue weighted by Crippen LogP contribution is -2.07. The summed E-state index contributed by atoms with van der Waals surface area (Å²) in [6.45, 7) is 3.78. The topological polar surface area (TPSA) is 38.7 Å². The number of hydrogen-bond acceptors (Lipinski definition) is 3. The van der Waals surface area contributed by atoms with Gasteiger partial charge in [0, 0.05) is 12.1 Å². The first-order valence-corrected chi connectivity index (χ1v) is 4.65. The highest BCUT2D eigenvalue weighted by Gasteiger charge is 2.12. The fraction of sp³-hybridized carbons (Fsp3) is 0.400. The van der Waals surface area contributed by atoms with Crippen LogP contribution in [0.4, 0.5) is 0 Å². The molecule has 78 valence electrons. The van der Waals surface area contributed by atoms with Crippen LogP contribution in [-0.4, -0.2) is 18.3 Å². The van der Waals surface area contributed by atoms with E-state index in [0.29, 0.717) is 16.5 Å². The van der Waals surface area contributed by atoms with Gasteiger partial charge in [-0.1, -0.05) is 11.6 Å². The highest BCUT2D eigenvalue weighted by molar-refractivity contribution is 6.32. The number of methoxy groups -OCH3 is 1. The number of ether oxygens (including phenoxy) is 2. The Morgan fingerprint density at radius 2 is 2.00 bits per heavy atom. The molecule has 3 nitrogen and oxygen atoms in total. The predicted octanol–water partition coefficient (Wildman–Crippen LogP) is 2.84. The number of halogens is 1. The molecule has 1 N–H and O–H groups in total. The molecule has 0 radical (unpaired) electrons. The van der Waals surface area contributed by atoms with Gasteiger partial charge in [0.15, 0.2) is 11.5 Å². The molecule has 1 aromatic rings. The van der Waals surface area contributed by atoms with E-state index in [1.807, 2.05) is 13.8 Å². The molecule has 0 aliphatic carbocycles. The van der Waals surface area contributed by atoms with Crippen molar-refractivity contribution in [3.8, 4) is 17.2 Å². The Morgan fingerprint density at radius 1 is 1.36 bits per heavy atom. The van der Waals surface area contributed by atoms with Crippen molar-refractivity contribution < 1.29 is 14.6 Å². The van der Waals surface area contributed by atoms with E-state index in [9.17, 15) is 5.11 Å². The Hall–Kier alpha value is -1.09. The van der Waals surface area contributed by atoms with Crippen molar-refractivity contribution in [2.24, 2.45) is 0 Å². The summed E-state index contributed by atoms with van der Waals surface area (Å²) in [5, 5.41) is 9.61. The minimum absolute atomic E-state index is 0.00550. The fourth-order valence-corrected chi connectivity index (χ4v) is 1.31. The van der Waals surface area contributed by atoms with Crippen LogP contribution < -0.4 is 9.47 Å². The third-order valence-electron chi connectivity index (χ3n) is 1.57. The second kappa shape index (κ2) is 4.42. The maximum atomic E-state index is 9.26. The van der Waals surface area contributed by atoms with E-state index < -0.39 is 0 Å². The first-order chi connectivity index (χ1) is 6.54. The average molecular weight is 217 g/mol. The summed E-state index contributed by atoms with van der Waals surface area (Å²) in [5.74, 6) is 0.952. The van der Waals surface area contributed by atoms with Crippen molar-refractivity contribution in [2.75, 3.05) is 7.11 Å². The number of benzene rings is 1. The molecule has 0 saturated heterocycles. The van der Waals surface area contributed by atoms with Gasteiger partial charge < -0.3 is 14.6 Å². The fourth-order valence-electron chi connectivity index (χ4n) is 1.06. The maximum absolute atomic E-state index is 9.26. The van der Waals surface area contributed by atoms with Crippen LogP contribution in [0.2, 0.25) is 5.02 Å². The molecular formula is C10H13ClO3. The van der Waals surface area contributed by atoms with Crippen molar-refractivity contribution in [3.05, 3.63) is 17.2 Å². The largest absolute Gasteiger partial charge is 0.508 e. The van der Waals surface area contributed by atoms with Crippen LogP contribution in [-0.2, 0) is 0 Å². The van der Waals surface area contributed by atoms with Gasteiger partial charge in [-0.3, -0.25) is 0 Å². The second-order valence-corrected chi connectivity index (χ2v) is 3.53. The quantitative estimate of drug-likeness (QED) is 0.845. The van der Waals surface area contributed by atoms with Gasteiger partial charge in [0.05, 0.1) is 18.2 Å². The zero-order valence-electron chi connectivity index (χ0n) is 8.37. The number of phenolic OH excluding ortho intramolecular Hbond substituents is 1. The standard InChI is InChI=1S/C10H13ClO3/c1-6(2)14-10-8(11)4-7(12)5-9(10)13-3/h4-6,12H,1-3H3. The molecule has 4 heteroatoms. The van der Waals surface area contributed by atoms with Gasteiger partial charge >= 0.3 is 0 Å². The molecule has 1 rings (SSSR count). The lowest BCUT2D eigenvalue weighted by Gasteiger charge is -2.14. The van der Waals surface area contributed by atoms with Crippen LogP contribution in [0.1, 0.15) is 13.8 Å². The van der Waals surface area contributed by atoms with E-state index >= 15 is 0 Å². The summed E-state index contributed by atoms with van der Waals surface area (Å²) in [6.07, 6.45) is 0.00550. The number of phenols is 1. The van der Waals surface area contributed by atoms with Crippen LogP contribution in [0, 0.1) is 0 Å². The van der Waals surface area contributed by atoms with Crippen molar-refractivity contribution in [1.82, 2.24) is 0 Å². The minimum atomic E-state index is 0.00550. The van der Waals surface area contributed by atoms with Crippen LogP contribution in [0.3, 0.4) is 0 Å². The van der Waals surface area contributed by atoms with Gasteiger partial charge in [-0.25, -0.2) is 0 Å². The Bertz CT molecular complexity index is 323. The molecule has 0 aliphatic rings. The normalized spacial score (nSPS) is 10.4. The highest BCUT2D eigenvalue weighted by atomic mass is 35.5. The third-order valence-corrected chi connectivity index (χ3v) is 1.85. The Labute approximate surface area is 88.2 Å². The van der Waals surface area contributed by atoms with Crippen molar-refractivity contribution in [2.45, 2.75) is 20.0 Å². The Balaban J connectivity index is 3.11. The van der Waals surface area contributed by atoms with Crippen molar-refractivity contribution >= 4 is 11.6 Å². The lowest BCUT2D eigenvalue weighted by atomic mass is 10.3. The number of rotatable bonds is 3. The first-order valence-electron chi connectivity index (χ1n) is 4.27. The summed E-state index contributed by atoms with van der Waals surface area (Å²) in [5.41, 5.74) is 0. The molecule has 0 amide bonds. The molecule has 0 aromatic heterocycles. The van der Waals surface area contributed by atoms with E-state index in [0.717, 1.165) is 0 Å². The third kappa shape index (κ3) is 2.45. The molecule has 1 aromatic carbocycles. The van der Waals surface area contributed by atoms with E-state index in [1.165, 1.54) is 19.2 Å². The molecule has 14 heavy (non-hydrogen) atoms. The van der Waals surface area contributed by atoms with E-state index in [-0.39, 0.29) is 11.9 Å². The summed E-state index contributed by atoms with van der Waals surface area (Å²) < 4.78 is 10.5. The van der Waals surface area contributed by atoms with Crippen LogP contribution in [0.25, 0.3) is 0 Å². The zero-order valence-corrected chi connectivity index (χ0v) is 9.13. The number of hydrogen-bond donors (Lipinski definition) is 1. The van der Waals surface area contributed by atoms with E-state index in [1.54, 1.807) is 0 Å². The molecule has 0 aliphatic heterocycles. The summed E-state index contributed by atoms with van der Waals surface area (Å²) in [4.78, 5) is 0. The molecule has 0 atom stereocenters. The predicted molar refractivity (Wildman–Crippen MR) is 55.4 cm³/mol. The summed E-state index contributed by atoms with van der Waals surface area (Å²) in [6, 6.07) is 2.88. The van der Waals surface area contributed by atoms with Crippen LogP contribution in [0.5, 0.6) is 17.2 Å². The molecule has 0 bridgehead atoms. The molecule has 0 fully saturated rings. The van der Waals surface area contributed by atoms with Crippen LogP contribution in [0.15, 0.2) is 12.1 Å². The zero-order chi connectivity index (χ0) is 10.7. The molecule has 0 saturated carbocycles. The number of aromatic hydroxyl groups is 1.